The molecule has 94 valence electrons. The fraction of sp³-hybridized carbons (Fsp3) is 0.250. The summed E-state index contributed by atoms with van der Waals surface area (Å²) in [5.74, 6) is 1.15. The lowest BCUT2D eigenvalue weighted by Gasteiger charge is -2.06. The second-order valence-electron chi connectivity index (χ2n) is 3.54. The summed E-state index contributed by atoms with van der Waals surface area (Å²) in [7, 11) is 1.58. The largest absolute Gasteiger partial charge is 0.481 e. The zero-order valence-electron chi connectivity index (χ0n) is 9.94. The SMILES string of the molecule is CCc1nc(-c2ccc(OC)nc2)nc(Cl)c1I. The molecule has 2 rings (SSSR count). The summed E-state index contributed by atoms with van der Waals surface area (Å²) < 4.78 is 5.92. The molecule has 0 spiro atoms. The van der Waals surface area contributed by atoms with E-state index in [-0.39, 0.29) is 0 Å². The van der Waals surface area contributed by atoms with Crippen molar-refractivity contribution in [3.05, 3.63) is 32.7 Å². The molecule has 0 saturated carbocycles. The summed E-state index contributed by atoms with van der Waals surface area (Å²) >= 11 is 8.26. The summed E-state index contributed by atoms with van der Waals surface area (Å²) in [5, 5.41) is 0.480. The first kappa shape index (κ1) is 13.5. The van der Waals surface area contributed by atoms with Crippen molar-refractivity contribution < 1.29 is 4.74 Å². The lowest BCUT2D eigenvalue weighted by molar-refractivity contribution is 0.398. The number of nitrogens with zero attached hydrogens (tertiary/aromatic N) is 3. The van der Waals surface area contributed by atoms with Gasteiger partial charge in [0.2, 0.25) is 5.88 Å². The van der Waals surface area contributed by atoms with Crippen LogP contribution in [0.2, 0.25) is 5.15 Å². The molecule has 0 aliphatic rings. The first-order valence-corrected chi connectivity index (χ1v) is 6.83. The van der Waals surface area contributed by atoms with Crippen LogP contribution in [0.5, 0.6) is 5.88 Å². The van der Waals surface area contributed by atoms with Gasteiger partial charge in [-0.2, -0.15) is 0 Å². The molecular weight excluding hydrogens is 365 g/mol. The Hall–Kier alpha value is -0.950. The van der Waals surface area contributed by atoms with E-state index < -0.39 is 0 Å². The van der Waals surface area contributed by atoms with Crippen molar-refractivity contribution in [2.75, 3.05) is 7.11 Å². The van der Waals surface area contributed by atoms with Crippen molar-refractivity contribution in [1.29, 1.82) is 0 Å². The van der Waals surface area contributed by atoms with Crippen molar-refractivity contribution in [1.82, 2.24) is 15.0 Å². The third-order valence-electron chi connectivity index (χ3n) is 2.42. The predicted octanol–water partition coefficient (Wildman–Crippen LogP) is 3.37. The summed E-state index contributed by atoms with van der Waals surface area (Å²) in [6, 6.07) is 3.64. The molecule has 2 aromatic rings. The standard InChI is InChI=1S/C12H11ClIN3O/c1-3-8-10(14)11(13)17-12(16-8)7-4-5-9(18-2)15-6-7/h4-6H,3H2,1-2H3. The van der Waals surface area contributed by atoms with E-state index in [9.17, 15) is 0 Å². The Morgan fingerprint density at radius 1 is 1.33 bits per heavy atom. The number of rotatable bonds is 3. The van der Waals surface area contributed by atoms with Gasteiger partial charge in [-0.3, -0.25) is 0 Å². The molecule has 6 heteroatoms. The summed E-state index contributed by atoms with van der Waals surface area (Å²) in [4.78, 5) is 12.9. The van der Waals surface area contributed by atoms with Gasteiger partial charge < -0.3 is 4.74 Å². The summed E-state index contributed by atoms with van der Waals surface area (Å²) in [6.45, 7) is 2.04. The number of aromatic nitrogens is 3. The number of halogens is 2. The van der Waals surface area contributed by atoms with E-state index in [0.29, 0.717) is 16.9 Å². The highest BCUT2D eigenvalue weighted by Crippen LogP contribution is 2.24. The Bertz CT molecular complexity index is 560. The average Bonchev–Trinajstić information content (AvgIpc) is 2.42. The first-order chi connectivity index (χ1) is 8.65. The molecule has 0 unspecified atom stereocenters. The molecular formula is C12H11ClIN3O. The highest BCUT2D eigenvalue weighted by Gasteiger charge is 2.11. The zero-order chi connectivity index (χ0) is 13.1. The molecule has 0 bridgehead atoms. The molecule has 0 atom stereocenters. The highest BCUT2D eigenvalue weighted by atomic mass is 127. The van der Waals surface area contributed by atoms with Gasteiger partial charge in [0.05, 0.1) is 16.4 Å². The van der Waals surface area contributed by atoms with Gasteiger partial charge >= 0.3 is 0 Å². The molecule has 0 fully saturated rings. The van der Waals surface area contributed by atoms with E-state index in [1.54, 1.807) is 19.4 Å². The Kier molecular flexibility index (Phi) is 4.34. The van der Waals surface area contributed by atoms with Crippen LogP contribution in [0, 0.1) is 3.57 Å². The van der Waals surface area contributed by atoms with Gasteiger partial charge in [0.15, 0.2) is 5.82 Å². The fourth-order valence-electron chi connectivity index (χ4n) is 1.46. The van der Waals surface area contributed by atoms with Crippen LogP contribution in [0.15, 0.2) is 18.3 Å². The quantitative estimate of drug-likeness (QED) is 0.610. The van der Waals surface area contributed by atoms with Crippen molar-refractivity contribution in [3.8, 4) is 17.3 Å². The van der Waals surface area contributed by atoms with E-state index in [1.165, 1.54) is 0 Å². The summed E-state index contributed by atoms with van der Waals surface area (Å²) in [5.41, 5.74) is 1.77. The highest BCUT2D eigenvalue weighted by molar-refractivity contribution is 14.1. The Balaban J connectivity index is 2.46. The van der Waals surface area contributed by atoms with Gasteiger partial charge in [0, 0.05) is 17.8 Å². The molecule has 2 heterocycles. The van der Waals surface area contributed by atoms with E-state index in [1.807, 2.05) is 13.0 Å². The van der Waals surface area contributed by atoms with Crippen LogP contribution in [-0.4, -0.2) is 22.1 Å². The fourth-order valence-corrected chi connectivity index (χ4v) is 2.27. The third-order valence-corrected chi connectivity index (χ3v) is 4.14. The van der Waals surface area contributed by atoms with E-state index in [2.05, 4.69) is 37.5 Å². The minimum Gasteiger partial charge on any atom is -0.481 e. The number of ether oxygens (including phenoxy) is 1. The molecule has 0 radical (unpaired) electrons. The van der Waals surface area contributed by atoms with Crippen LogP contribution < -0.4 is 4.74 Å². The molecule has 4 nitrogen and oxygen atoms in total. The van der Waals surface area contributed by atoms with Gasteiger partial charge in [-0.25, -0.2) is 15.0 Å². The minimum absolute atomic E-state index is 0.480. The zero-order valence-corrected chi connectivity index (χ0v) is 12.9. The van der Waals surface area contributed by atoms with Gasteiger partial charge in [-0.15, -0.1) is 0 Å². The van der Waals surface area contributed by atoms with Crippen LogP contribution >= 0.6 is 34.2 Å². The van der Waals surface area contributed by atoms with E-state index in [4.69, 9.17) is 16.3 Å². The molecule has 0 saturated heterocycles. The molecule has 0 aliphatic heterocycles. The third kappa shape index (κ3) is 2.72. The monoisotopic (exact) mass is 375 g/mol. The normalized spacial score (nSPS) is 10.4. The topological polar surface area (TPSA) is 47.9 Å². The van der Waals surface area contributed by atoms with Crippen molar-refractivity contribution in [2.45, 2.75) is 13.3 Å². The number of methoxy groups -OCH3 is 1. The molecule has 0 amide bonds. The van der Waals surface area contributed by atoms with Crippen molar-refractivity contribution in [2.24, 2.45) is 0 Å². The van der Waals surface area contributed by atoms with E-state index in [0.717, 1.165) is 21.2 Å². The maximum absolute atomic E-state index is 6.10. The van der Waals surface area contributed by atoms with Gasteiger partial charge in [0.1, 0.15) is 5.15 Å². The lowest BCUT2D eigenvalue weighted by Crippen LogP contribution is -2.00. The molecule has 0 aliphatic carbocycles. The Labute approximate surface area is 124 Å². The van der Waals surface area contributed by atoms with Crippen LogP contribution in [-0.2, 0) is 6.42 Å². The number of hydrogen-bond acceptors (Lipinski definition) is 4. The van der Waals surface area contributed by atoms with Crippen LogP contribution in [0.4, 0.5) is 0 Å². The van der Waals surface area contributed by atoms with E-state index >= 15 is 0 Å². The number of pyridine rings is 1. The molecule has 18 heavy (non-hydrogen) atoms. The first-order valence-electron chi connectivity index (χ1n) is 5.38. The van der Waals surface area contributed by atoms with Crippen LogP contribution in [0.1, 0.15) is 12.6 Å². The van der Waals surface area contributed by atoms with Crippen LogP contribution in [0.3, 0.4) is 0 Å². The average molecular weight is 376 g/mol. The van der Waals surface area contributed by atoms with Crippen molar-refractivity contribution >= 4 is 34.2 Å². The van der Waals surface area contributed by atoms with Gasteiger partial charge in [0.25, 0.3) is 0 Å². The molecule has 0 N–H and O–H groups in total. The lowest BCUT2D eigenvalue weighted by atomic mass is 10.2. The van der Waals surface area contributed by atoms with Crippen molar-refractivity contribution in [3.63, 3.8) is 0 Å². The second kappa shape index (κ2) is 5.79. The Morgan fingerprint density at radius 3 is 2.67 bits per heavy atom. The Morgan fingerprint density at radius 2 is 2.11 bits per heavy atom. The maximum atomic E-state index is 6.10. The number of aryl methyl sites for hydroxylation is 1. The number of hydrogen-bond donors (Lipinski definition) is 0. The minimum atomic E-state index is 0.480. The molecule has 0 aromatic carbocycles. The summed E-state index contributed by atoms with van der Waals surface area (Å²) in [6.07, 6.45) is 2.49. The van der Waals surface area contributed by atoms with Gasteiger partial charge in [-0.1, -0.05) is 18.5 Å². The van der Waals surface area contributed by atoms with Gasteiger partial charge in [-0.05, 0) is 35.1 Å². The predicted molar refractivity (Wildman–Crippen MR) is 78.9 cm³/mol. The second-order valence-corrected chi connectivity index (χ2v) is 4.98. The smallest absolute Gasteiger partial charge is 0.212 e. The van der Waals surface area contributed by atoms with Crippen LogP contribution in [0.25, 0.3) is 11.4 Å². The maximum Gasteiger partial charge on any atom is 0.212 e. The molecule has 2 aromatic heterocycles.